The Balaban J connectivity index is 1.81. The molecule has 180 valence electrons. The molecule has 0 saturated carbocycles. The van der Waals surface area contributed by atoms with E-state index in [9.17, 15) is 9.59 Å². The summed E-state index contributed by atoms with van der Waals surface area (Å²) in [6.45, 7) is 6.57. The Kier molecular flexibility index (Phi) is 9.28. The van der Waals surface area contributed by atoms with E-state index in [0.717, 1.165) is 60.3 Å². The average molecular weight is 539 g/mol. The van der Waals surface area contributed by atoms with Gasteiger partial charge in [0.1, 0.15) is 5.76 Å². The number of nitrogens with one attached hydrogen (secondary N) is 2. The van der Waals surface area contributed by atoms with Gasteiger partial charge in [-0.05, 0) is 55.5 Å². The molecule has 0 spiro atoms. The number of methoxy groups -OCH3 is 1. The van der Waals surface area contributed by atoms with Crippen LogP contribution in [0.15, 0.2) is 39.7 Å². The van der Waals surface area contributed by atoms with Crippen LogP contribution in [0.4, 0.5) is 5.69 Å². The molecule has 3 rings (SSSR count). The number of anilines is 1. The van der Waals surface area contributed by atoms with E-state index in [1.165, 1.54) is 7.11 Å². The lowest BCUT2D eigenvalue weighted by Crippen LogP contribution is -2.28. The molecule has 1 fully saturated rings. The second kappa shape index (κ2) is 11.9. The van der Waals surface area contributed by atoms with Gasteiger partial charge in [0.05, 0.1) is 18.4 Å². The Bertz CT molecular complexity index is 944. The lowest BCUT2D eigenvalue weighted by Gasteiger charge is -2.27. The van der Waals surface area contributed by atoms with Crippen molar-refractivity contribution in [3.05, 3.63) is 50.8 Å². The summed E-state index contributed by atoms with van der Waals surface area (Å²) in [6, 6.07) is 3.95. The molecule has 1 aromatic rings. The van der Waals surface area contributed by atoms with Crippen LogP contribution in [-0.4, -0.2) is 57.9 Å². The van der Waals surface area contributed by atoms with E-state index in [-0.39, 0.29) is 18.4 Å². The van der Waals surface area contributed by atoms with Gasteiger partial charge in [0.15, 0.2) is 6.29 Å². The quantitative estimate of drug-likeness (QED) is 0.161. The molecular formula is C24H32BrN3O4S. The number of amides is 1. The number of aldehydes is 1. The van der Waals surface area contributed by atoms with Gasteiger partial charge in [-0.15, -0.1) is 0 Å². The number of rotatable bonds is 9. The minimum Gasteiger partial charge on any atom is -0.496 e. The average Bonchev–Trinajstić information content (AvgIpc) is 3.12. The highest BCUT2D eigenvalue weighted by atomic mass is 79.9. The highest BCUT2D eigenvalue weighted by Gasteiger charge is 2.33. The molecule has 2 N–H and O–H groups in total. The Morgan fingerprint density at radius 2 is 2.09 bits per heavy atom. The van der Waals surface area contributed by atoms with Gasteiger partial charge in [0, 0.05) is 60.3 Å². The van der Waals surface area contributed by atoms with E-state index < -0.39 is 0 Å². The van der Waals surface area contributed by atoms with Crippen molar-refractivity contribution < 1.29 is 19.1 Å². The fraction of sp³-hybridized carbons (Fsp3) is 0.500. The zero-order valence-electron chi connectivity index (χ0n) is 19.6. The summed E-state index contributed by atoms with van der Waals surface area (Å²) < 4.78 is 14.0. The minimum atomic E-state index is -0.207. The molecule has 0 bridgehead atoms. The maximum atomic E-state index is 13.2. The molecule has 2 aliphatic rings. The third-order valence-corrected chi connectivity index (χ3v) is 7.70. The first-order valence-electron chi connectivity index (χ1n) is 11.1. The number of carbonyl (C=O) groups is 2. The van der Waals surface area contributed by atoms with Crippen LogP contribution in [0, 0.1) is 0 Å². The van der Waals surface area contributed by atoms with Crippen LogP contribution < -0.4 is 14.9 Å². The van der Waals surface area contributed by atoms with E-state index >= 15 is 0 Å². The summed E-state index contributed by atoms with van der Waals surface area (Å²) in [5, 5.41) is 6.43. The molecule has 0 aromatic heterocycles. The summed E-state index contributed by atoms with van der Waals surface area (Å²) in [7, 11) is 3.30. The highest BCUT2D eigenvalue weighted by Crippen LogP contribution is 2.45. The molecule has 1 amide bonds. The van der Waals surface area contributed by atoms with Crippen molar-refractivity contribution in [1.82, 2.24) is 10.6 Å². The van der Waals surface area contributed by atoms with E-state index in [1.807, 2.05) is 24.9 Å². The van der Waals surface area contributed by atoms with Gasteiger partial charge in [-0.1, -0.05) is 22.9 Å². The van der Waals surface area contributed by atoms with Gasteiger partial charge in [-0.2, -0.15) is 0 Å². The van der Waals surface area contributed by atoms with Crippen molar-refractivity contribution in [3.63, 3.8) is 0 Å². The van der Waals surface area contributed by atoms with Gasteiger partial charge in [-0.3, -0.25) is 9.59 Å². The van der Waals surface area contributed by atoms with Crippen molar-refractivity contribution >= 4 is 45.8 Å². The maximum Gasteiger partial charge on any atom is 0.251 e. The van der Waals surface area contributed by atoms with Gasteiger partial charge >= 0.3 is 0 Å². The topological polar surface area (TPSA) is 79.9 Å². The number of hydrogen-bond donors (Lipinski definition) is 2. The number of ether oxygens (including phenoxy) is 2. The van der Waals surface area contributed by atoms with E-state index in [0.29, 0.717) is 22.1 Å². The Morgan fingerprint density at radius 3 is 2.73 bits per heavy atom. The Labute approximate surface area is 208 Å². The van der Waals surface area contributed by atoms with Gasteiger partial charge in [-0.25, -0.2) is 0 Å². The number of allylic oxidation sites excluding steroid dienone is 2. The summed E-state index contributed by atoms with van der Waals surface area (Å²) in [5.41, 5.74) is 3.97. The lowest BCUT2D eigenvalue weighted by atomic mass is 9.97. The van der Waals surface area contributed by atoms with Crippen LogP contribution in [0.5, 0.6) is 0 Å². The Morgan fingerprint density at radius 1 is 1.36 bits per heavy atom. The summed E-state index contributed by atoms with van der Waals surface area (Å²) in [4.78, 5) is 24.9. The molecule has 1 aromatic carbocycles. The SMILES string of the molecule is CN/C(C)=C\C(OC)=C(/C=O)CNC(=O)c1cc(Br)cc2c1C(C)CN2SC1CCOCC1. The van der Waals surface area contributed by atoms with E-state index in [4.69, 9.17) is 9.47 Å². The van der Waals surface area contributed by atoms with Gasteiger partial charge < -0.3 is 24.4 Å². The molecule has 7 nitrogen and oxygen atoms in total. The van der Waals surface area contributed by atoms with Crippen LogP contribution in [0.25, 0.3) is 0 Å². The largest absolute Gasteiger partial charge is 0.496 e. The third-order valence-electron chi connectivity index (χ3n) is 5.87. The molecule has 1 saturated heterocycles. The fourth-order valence-corrected chi connectivity index (χ4v) is 5.81. The summed E-state index contributed by atoms with van der Waals surface area (Å²) >= 11 is 5.44. The van der Waals surface area contributed by atoms with Crippen molar-refractivity contribution in [2.45, 2.75) is 37.9 Å². The van der Waals surface area contributed by atoms with Crippen LogP contribution in [0.1, 0.15) is 48.5 Å². The molecule has 1 unspecified atom stereocenters. The first kappa shape index (κ1) is 25.6. The van der Waals surface area contributed by atoms with Crippen LogP contribution in [-0.2, 0) is 14.3 Å². The maximum absolute atomic E-state index is 13.2. The second-order valence-corrected chi connectivity index (χ2v) is 10.5. The highest BCUT2D eigenvalue weighted by molar-refractivity contribution is 9.10. The van der Waals surface area contributed by atoms with Crippen molar-refractivity contribution in [2.24, 2.45) is 0 Å². The molecule has 0 radical (unpaired) electrons. The third kappa shape index (κ3) is 6.33. The molecule has 2 aliphatic heterocycles. The minimum absolute atomic E-state index is 0.0786. The zero-order chi connectivity index (χ0) is 24.0. The zero-order valence-corrected chi connectivity index (χ0v) is 22.0. The fourth-order valence-electron chi connectivity index (χ4n) is 4.02. The van der Waals surface area contributed by atoms with Crippen LogP contribution in [0.3, 0.4) is 0 Å². The Hall–Kier alpha value is -1.97. The molecule has 33 heavy (non-hydrogen) atoms. The van der Waals surface area contributed by atoms with E-state index in [2.05, 4.69) is 43.9 Å². The number of nitrogens with zero attached hydrogens (tertiary/aromatic N) is 1. The monoisotopic (exact) mass is 537 g/mol. The predicted molar refractivity (Wildman–Crippen MR) is 137 cm³/mol. The number of benzene rings is 1. The van der Waals surface area contributed by atoms with Crippen LogP contribution >= 0.6 is 27.9 Å². The number of halogens is 1. The summed E-state index contributed by atoms with van der Waals surface area (Å²) in [6.07, 6.45) is 4.53. The number of fused-ring (bicyclic) bond motifs is 1. The first-order chi connectivity index (χ1) is 15.9. The predicted octanol–water partition coefficient (Wildman–Crippen LogP) is 4.15. The van der Waals surface area contributed by atoms with Crippen molar-refractivity contribution in [3.8, 4) is 0 Å². The smallest absolute Gasteiger partial charge is 0.251 e. The van der Waals surface area contributed by atoms with Crippen molar-refractivity contribution in [2.75, 3.05) is 44.8 Å². The molecule has 1 atom stereocenters. The number of carbonyl (C=O) groups excluding carboxylic acids is 2. The molecule has 0 aliphatic carbocycles. The molecule has 2 heterocycles. The van der Waals surface area contributed by atoms with Gasteiger partial charge in [0.25, 0.3) is 5.91 Å². The van der Waals surface area contributed by atoms with E-state index in [1.54, 1.807) is 13.1 Å². The molecular weight excluding hydrogens is 506 g/mol. The summed E-state index contributed by atoms with van der Waals surface area (Å²) in [5.74, 6) is 0.434. The van der Waals surface area contributed by atoms with Crippen LogP contribution in [0.2, 0.25) is 0 Å². The van der Waals surface area contributed by atoms with Gasteiger partial charge in [0.2, 0.25) is 0 Å². The first-order valence-corrected chi connectivity index (χ1v) is 12.7. The molecule has 9 heteroatoms. The second-order valence-electron chi connectivity index (χ2n) is 8.24. The number of hydrogen-bond acceptors (Lipinski definition) is 7. The van der Waals surface area contributed by atoms with Crippen molar-refractivity contribution in [1.29, 1.82) is 0 Å². The lowest BCUT2D eigenvalue weighted by molar-refractivity contribution is -0.105. The standard InChI is InChI=1S/C24H32BrN3O4S/c1-15-13-28(33-19-5-7-32-8-6-19)21-11-18(25)10-20(23(15)21)24(30)27-12-17(14-29)22(31-4)9-16(2)26-3/h9-11,14-15,19,26H,5-8,12-13H2,1-4H3,(H,27,30)/b16-9-,22-17+. The normalized spacial score (nSPS) is 19.6.